The summed E-state index contributed by atoms with van der Waals surface area (Å²) in [7, 11) is 0. The van der Waals surface area contributed by atoms with Gasteiger partial charge in [0.05, 0.1) is 18.1 Å². The van der Waals surface area contributed by atoms with E-state index in [1.165, 1.54) is 18.5 Å². The number of furan rings is 1. The Kier molecular flexibility index (Phi) is 5.44. The molecule has 8 nitrogen and oxygen atoms in total. The maximum atomic E-state index is 12.3. The lowest BCUT2D eigenvalue weighted by Gasteiger charge is -2.35. The van der Waals surface area contributed by atoms with Crippen LogP contribution in [0.25, 0.3) is 0 Å². The van der Waals surface area contributed by atoms with Crippen molar-refractivity contribution in [3.05, 3.63) is 71.5 Å². The minimum atomic E-state index is -0.283. The zero-order valence-corrected chi connectivity index (χ0v) is 16.2. The molecule has 0 spiro atoms. The largest absolute Gasteiger partial charge is 0.459 e. The van der Waals surface area contributed by atoms with E-state index in [0.717, 1.165) is 5.82 Å². The van der Waals surface area contributed by atoms with E-state index in [2.05, 4.69) is 20.2 Å². The molecule has 4 rings (SSSR count). The molecule has 1 saturated heterocycles. The molecule has 2 amide bonds. The fraction of sp³-hybridized carbons (Fsp3) is 0.200. The minimum absolute atomic E-state index is 0.100. The molecular formula is C20H18ClN5O3. The van der Waals surface area contributed by atoms with Crippen molar-refractivity contribution >= 4 is 34.9 Å². The Morgan fingerprint density at radius 1 is 1.07 bits per heavy atom. The Bertz CT molecular complexity index is 999. The maximum Gasteiger partial charge on any atom is 0.289 e. The monoisotopic (exact) mass is 411 g/mol. The molecule has 1 aliphatic heterocycles. The summed E-state index contributed by atoms with van der Waals surface area (Å²) in [6.45, 7) is 2.51. The number of nitrogens with one attached hydrogen (secondary N) is 1. The summed E-state index contributed by atoms with van der Waals surface area (Å²) in [5, 5.41) is 3.04. The van der Waals surface area contributed by atoms with Crippen molar-refractivity contribution in [2.45, 2.75) is 0 Å². The SMILES string of the molecule is O=C(Nc1ccc(N2CCN(C(=O)c3ccco3)CC2)nc1)c1ccnc(Cl)c1. The van der Waals surface area contributed by atoms with Crippen molar-refractivity contribution in [3.63, 3.8) is 0 Å². The van der Waals surface area contributed by atoms with Crippen LogP contribution in [0.2, 0.25) is 5.15 Å². The number of aromatic nitrogens is 2. The quantitative estimate of drug-likeness (QED) is 0.664. The summed E-state index contributed by atoms with van der Waals surface area (Å²) < 4.78 is 5.18. The Balaban J connectivity index is 1.34. The second-order valence-corrected chi connectivity index (χ2v) is 6.87. The number of carbonyl (C=O) groups is 2. The van der Waals surface area contributed by atoms with Gasteiger partial charge in [0, 0.05) is 37.9 Å². The number of nitrogens with zero attached hydrogens (tertiary/aromatic N) is 4. The van der Waals surface area contributed by atoms with E-state index >= 15 is 0 Å². The number of rotatable bonds is 4. The molecule has 1 fully saturated rings. The summed E-state index contributed by atoms with van der Waals surface area (Å²) in [6, 6.07) is 10.1. The zero-order valence-electron chi connectivity index (χ0n) is 15.4. The Morgan fingerprint density at radius 2 is 1.90 bits per heavy atom. The fourth-order valence-electron chi connectivity index (χ4n) is 3.09. The van der Waals surface area contributed by atoms with Crippen molar-refractivity contribution in [1.29, 1.82) is 0 Å². The number of anilines is 2. The van der Waals surface area contributed by atoms with Crippen molar-refractivity contribution in [3.8, 4) is 0 Å². The van der Waals surface area contributed by atoms with Crippen LogP contribution in [0, 0.1) is 0 Å². The molecule has 3 aromatic rings. The molecule has 4 heterocycles. The normalized spacial score (nSPS) is 14.0. The number of piperazine rings is 1. The summed E-state index contributed by atoms with van der Waals surface area (Å²) in [4.78, 5) is 36.8. The van der Waals surface area contributed by atoms with Gasteiger partial charge in [0.1, 0.15) is 11.0 Å². The summed E-state index contributed by atoms with van der Waals surface area (Å²) in [5.41, 5.74) is 1.00. The molecule has 3 aromatic heterocycles. The van der Waals surface area contributed by atoms with E-state index in [-0.39, 0.29) is 17.0 Å². The van der Waals surface area contributed by atoms with E-state index < -0.39 is 0 Å². The van der Waals surface area contributed by atoms with Crippen LogP contribution in [0.1, 0.15) is 20.9 Å². The Morgan fingerprint density at radius 3 is 2.55 bits per heavy atom. The van der Waals surface area contributed by atoms with Gasteiger partial charge in [-0.05, 0) is 36.4 Å². The zero-order chi connectivity index (χ0) is 20.2. The summed E-state index contributed by atoms with van der Waals surface area (Å²) in [6.07, 6.45) is 4.59. The van der Waals surface area contributed by atoms with Crippen molar-refractivity contribution < 1.29 is 14.0 Å². The second-order valence-electron chi connectivity index (χ2n) is 6.48. The van der Waals surface area contributed by atoms with Gasteiger partial charge >= 0.3 is 0 Å². The van der Waals surface area contributed by atoms with Gasteiger partial charge in [-0.3, -0.25) is 9.59 Å². The summed E-state index contributed by atoms with van der Waals surface area (Å²) in [5.74, 6) is 0.762. The Hall–Kier alpha value is -3.39. The van der Waals surface area contributed by atoms with E-state index in [4.69, 9.17) is 16.0 Å². The van der Waals surface area contributed by atoms with Crippen molar-refractivity contribution in [2.24, 2.45) is 0 Å². The third-order valence-electron chi connectivity index (χ3n) is 4.62. The molecule has 0 aliphatic carbocycles. The first kappa shape index (κ1) is 18.9. The van der Waals surface area contributed by atoms with Gasteiger partial charge in [0.15, 0.2) is 5.76 Å². The van der Waals surface area contributed by atoms with E-state index in [9.17, 15) is 9.59 Å². The molecule has 1 aliphatic rings. The van der Waals surface area contributed by atoms with Gasteiger partial charge < -0.3 is 19.5 Å². The van der Waals surface area contributed by atoms with Crippen molar-refractivity contribution in [1.82, 2.24) is 14.9 Å². The van der Waals surface area contributed by atoms with Crippen LogP contribution < -0.4 is 10.2 Å². The number of halogens is 1. The van der Waals surface area contributed by atoms with Crippen LogP contribution >= 0.6 is 11.6 Å². The molecule has 0 aromatic carbocycles. The first-order valence-corrected chi connectivity index (χ1v) is 9.44. The molecule has 0 atom stereocenters. The standard InChI is InChI=1S/C20H18ClN5O3/c21-17-12-14(5-6-22-17)19(27)24-15-3-4-18(23-13-15)25-7-9-26(10-8-25)20(28)16-2-1-11-29-16/h1-6,11-13H,7-10H2,(H,24,27). The number of hydrogen-bond donors (Lipinski definition) is 1. The smallest absolute Gasteiger partial charge is 0.289 e. The van der Waals surface area contributed by atoms with E-state index in [1.54, 1.807) is 35.4 Å². The average molecular weight is 412 g/mol. The first-order chi connectivity index (χ1) is 14.1. The maximum absolute atomic E-state index is 12.3. The van der Waals surface area contributed by atoms with Crippen LogP contribution in [0.5, 0.6) is 0 Å². The predicted octanol–water partition coefficient (Wildman–Crippen LogP) is 2.94. The van der Waals surface area contributed by atoms with Gasteiger partial charge in [0.2, 0.25) is 0 Å². The highest BCUT2D eigenvalue weighted by molar-refractivity contribution is 6.29. The number of pyridine rings is 2. The number of amides is 2. The highest BCUT2D eigenvalue weighted by Crippen LogP contribution is 2.18. The number of hydrogen-bond acceptors (Lipinski definition) is 6. The summed E-state index contributed by atoms with van der Waals surface area (Å²) >= 11 is 5.82. The van der Waals surface area contributed by atoms with Gasteiger partial charge in [-0.2, -0.15) is 0 Å². The third-order valence-corrected chi connectivity index (χ3v) is 4.82. The van der Waals surface area contributed by atoms with Gasteiger partial charge in [0.25, 0.3) is 11.8 Å². The fourth-order valence-corrected chi connectivity index (χ4v) is 3.26. The van der Waals surface area contributed by atoms with Crippen LogP contribution in [0.4, 0.5) is 11.5 Å². The molecule has 1 N–H and O–H groups in total. The number of carbonyl (C=O) groups excluding carboxylic acids is 2. The van der Waals surface area contributed by atoms with Crippen molar-refractivity contribution in [2.75, 3.05) is 36.4 Å². The van der Waals surface area contributed by atoms with E-state index in [0.29, 0.717) is 43.2 Å². The predicted molar refractivity (Wildman–Crippen MR) is 108 cm³/mol. The van der Waals surface area contributed by atoms with Crippen LogP contribution in [-0.4, -0.2) is 52.9 Å². The van der Waals surface area contributed by atoms with Crippen LogP contribution in [0.15, 0.2) is 59.5 Å². The lowest BCUT2D eigenvalue weighted by Crippen LogP contribution is -2.49. The highest BCUT2D eigenvalue weighted by atomic mass is 35.5. The lowest BCUT2D eigenvalue weighted by atomic mass is 10.2. The molecular weight excluding hydrogens is 394 g/mol. The Labute approximate surface area is 172 Å². The van der Waals surface area contributed by atoms with Gasteiger partial charge in [-0.15, -0.1) is 0 Å². The molecule has 0 unspecified atom stereocenters. The van der Waals surface area contributed by atoms with Gasteiger partial charge in [-0.1, -0.05) is 11.6 Å². The lowest BCUT2D eigenvalue weighted by molar-refractivity contribution is 0.0714. The highest BCUT2D eigenvalue weighted by Gasteiger charge is 2.24. The molecule has 148 valence electrons. The molecule has 9 heteroatoms. The van der Waals surface area contributed by atoms with Gasteiger partial charge in [-0.25, -0.2) is 9.97 Å². The molecule has 0 saturated carbocycles. The molecule has 29 heavy (non-hydrogen) atoms. The van der Waals surface area contributed by atoms with Crippen LogP contribution in [-0.2, 0) is 0 Å². The topological polar surface area (TPSA) is 91.6 Å². The van der Waals surface area contributed by atoms with E-state index in [1.807, 2.05) is 6.07 Å². The average Bonchev–Trinajstić information content (AvgIpc) is 3.29. The molecule has 0 radical (unpaired) electrons. The first-order valence-electron chi connectivity index (χ1n) is 9.07. The second kappa shape index (κ2) is 8.32. The third kappa shape index (κ3) is 4.38. The minimum Gasteiger partial charge on any atom is -0.459 e. The van der Waals surface area contributed by atoms with Crippen LogP contribution in [0.3, 0.4) is 0 Å². The molecule has 0 bridgehead atoms.